The van der Waals surface area contributed by atoms with E-state index in [0.717, 1.165) is 0 Å². The highest BCUT2D eigenvalue weighted by Gasteiger charge is 2.23. The van der Waals surface area contributed by atoms with Gasteiger partial charge in [0.15, 0.2) is 0 Å². The quantitative estimate of drug-likeness (QED) is 0.155. The highest BCUT2D eigenvalue weighted by molar-refractivity contribution is 6.25. The number of hydrogen-bond acceptors (Lipinski definition) is 1. The van der Waals surface area contributed by atoms with E-state index < -0.39 is 48.3 Å². The molecule has 0 aliphatic rings. The topological polar surface area (TPSA) is 13.1 Å². The van der Waals surface area contributed by atoms with Gasteiger partial charge in [-0.05, 0) is 66.3 Å². The van der Waals surface area contributed by atoms with Crippen LogP contribution in [0.15, 0.2) is 162 Å². The summed E-state index contributed by atoms with van der Waals surface area (Å²) in [5.74, 6) is 0.333. The molecule has 1 heteroatoms. The van der Waals surface area contributed by atoms with Crippen LogP contribution in [0.5, 0.6) is 0 Å². The first-order valence-corrected chi connectivity index (χ1v) is 13.7. The van der Waals surface area contributed by atoms with Gasteiger partial charge >= 0.3 is 0 Å². The van der Waals surface area contributed by atoms with Crippen molar-refractivity contribution in [3.8, 4) is 33.6 Å². The Hall–Kier alpha value is -5.66. The zero-order valence-corrected chi connectivity index (χ0v) is 22.4. The minimum absolute atomic E-state index is 0.00109. The van der Waals surface area contributed by atoms with Crippen LogP contribution in [0.4, 0.5) is 0 Å². The molecule has 1 nitrogen and oxygen atoms in total. The van der Waals surface area contributed by atoms with E-state index in [0.29, 0.717) is 38.6 Å². The summed E-state index contributed by atoms with van der Waals surface area (Å²) in [7, 11) is 0. The summed E-state index contributed by atoms with van der Waals surface area (Å²) in [5, 5.41) is 1.47. The van der Waals surface area contributed by atoms with Gasteiger partial charge in [-0.3, -0.25) is 0 Å². The van der Waals surface area contributed by atoms with Gasteiger partial charge in [0.25, 0.3) is 0 Å². The van der Waals surface area contributed by atoms with Crippen LogP contribution in [0.1, 0.15) is 17.8 Å². The average molecular weight is 560 g/mol. The van der Waals surface area contributed by atoms with Gasteiger partial charge in [0.1, 0.15) is 11.3 Å². The fourth-order valence-electron chi connectivity index (χ4n) is 6.08. The van der Waals surface area contributed by atoms with Crippen molar-refractivity contribution < 1.29 is 22.2 Å². The molecular formula is C42H26O. The second kappa shape index (κ2) is 9.44. The van der Waals surface area contributed by atoms with E-state index in [1.54, 1.807) is 36.4 Å². The molecular weight excluding hydrogens is 520 g/mol. The highest BCUT2D eigenvalue weighted by Crippen LogP contribution is 2.49. The van der Waals surface area contributed by atoms with Crippen LogP contribution in [-0.4, -0.2) is 0 Å². The Bertz CT molecular complexity index is 3150. The van der Waals surface area contributed by atoms with Gasteiger partial charge in [0, 0.05) is 22.1 Å². The number of hydrogen-bond donors (Lipinski definition) is 0. The van der Waals surface area contributed by atoms with Gasteiger partial charge in [0.05, 0.1) is 17.8 Å². The molecule has 0 unspecified atom stereocenters. The molecule has 1 aromatic heterocycles. The lowest BCUT2D eigenvalue weighted by Crippen LogP contribution is -1.92. The lowest BCUT2D eigenvalue weighted by atomic mass is 9.84. The second-order valence-corrected chi connectivity index (χ2v) is 10.3. The molecule has 0 amide bonds. The summed E-state index contributed by atoms with van der Waals surface area (Å²) in [5.41, 5.74) is 1.92. The monoisotopic (exact) mass is 559 g/mol. The summed E-state index contributed by atoms with van der Waals surface area (Å²) in [6, 6.07) is 16.8. The minimum Gasteiger partial charge on any atom is -0.455 e. The maximum Gasteiger partial charge on any atom is 0.143 e. The smallest absolute Gasteiger partial charge is 0.143 e. The van der Waals surface area contributed by atoms with Crippen molar-refractivity contribution in [2.75, 3.05) is 0 Å². The van der Waals surface area contributed by atoms with Crippen LogP contribution in [0.2, 0.25) is 0 Å². The maximum atomic E-state index is 9.43. The number of rotatable bonds is 3. The number of fused-ring (bicyclic) bond motifs is 6. The second-order valence-electron chi connectivity index (χ2n) is 10.3. The summed E-state index contributed by atoms with van der Waals surface area (Å²) < 4.78 is 122. The Morgan fingerprint density at radius 3 is 1.79 bits per heavy atom. The first-order valence-electron chi connectivity index (χ1n) is 20.2. The zero-order valence-electron chi connectivity index (χ0n) is 35.4. The predicted molar refractivity (Wildman–Crippen MR) is 183 cm³/mol. The molecule has 0 spiro atoms. The molecule has 0 aliphatic heterocycles. The van der Waals surface area contributed by atoms with Crippen molar-refractivity contribution in [2.45, 2.75) is 0 Å². The van der Waals surface area contributed by atoms with Crippen LogP contribution in [0, 0.1) is 0 Å². The third kappa shape index (κ3) is 3.65. The van der Waals surface area contributed by atoms with Crippen LogP contribution in [0.25, 0.3) is 87.6 Å². The Morgan fingerprint density at radius 2 is 1.02 bits per heavy atom. The maximum absolute atomic E-state index is 9.43. The van der Waals surface area contributed by atoms with E-state index in [2.05, 4.69) is 0 Å². The number of furan rings is 1. The van der Waals surface area contributed by atoms with Gasteiger partial charge in [-0.25, -0.2) is 0 Å². The van der Waals surface area contributed by atoms with E-state index >= 15 is 0 Å². The van der Waals surface area contributed by atoms with E-state index in [1.807, 2.05) is 30.3 Å². The molecule has 43 heavy (non-hydrogen) atoms. The molecule has 0 saturated carbocycles. The largest absolute Gasteiger partial charge is 0.455 e. The molecule has 0 atom stereocenters. The lowest BCUT2D eigenvalue weighted by molar-refractivity contribution is 0.632. The summed E-state index contributed by atoms with van der Waals surface area (Å²) >= 11 is 0. The van der Waals surface area contributed by atoms with Crippen LogP contribution >= 0.6 is 0 Å². The van der Waals surface area contributed by atoms with Crippen LogP contribution in [0.3, 0.4) is 0 Å². The van der Waals surface area contributed by atoms with Gasteiger partial charge < -0.3 is 4.42 Å². The van der Waals surface area contributed by atoms with Gasteiger partial charge in [-0.2, -0.15) is 0 Å². The van der Waals surface area contributed by atoms with Gasteiger partial charge in [0.2, 0.25) is 0 Å². The molecule has 0 bridgehead atoms. The number of para-hydroxylation sites is 1. The van der Waals surface area contributed by atoms with Crippen molar-refractivity contribution in [1.82, 2.24) is 0 Å². The summed E-state index contributed by atoms with van der Waals surface area (Å²) in [4.78, 5) is 0. The van der Waals surface area contributed by atoms with Crippen molar-refractivity contribution in [2.24, 2.45) is 0 Å². The fourth-order valence-corrected chi connectivity index (χ4v) is 6.08. The Balaban J connectivity index is 1.55. The molecule has 0 N–H and O–H groups in total. The first kappa shape index (κ1) is 14.5. The molecule has 9 rings (SSSR count). The van der Waals surface area contributed by atoms with Crippen molar-refractivity contribution in [3.63, 3.8) is 0 Å². The van der Waals surface area contributed by atoms with Crippen molar-refractivity contribution in [3.05, 3.63) is 157 Å². The fraction of sp³-hybridized carbons (Fsp3) is 0. The standard InChI is InChI=1S/C42H26O/c1-2-13-28(14-3-1)42-41(37-20-10-11-21-38(37)43-42)40-35-18-8-6-16-33(35)39(34-17-7-9-19-36(34)40)30-24-25-32-29(26-30)23-22-27-12-4-5-15-31(27)32/h1-26H/i4D,5D,6D,7D,8D,9D,12D,16D,17D,18D,19D,22D,23D. The first-order chi connectivity index (χ1) is 26.7. The minimum atomic E-state index is -0.561. The number of benzene rings is 8. The van der Waals surface area contributed by atoms with E-state index in [9.17, 15) is 5.48 Å². The molecule has 200 valence electrons. The molecule has 0 aliphatic carbocycles. The molecule has 0 saturated heterocycles. The Labute approximate surface area is 267 Å². The molecule has 0 radical (unpaired) electrons. The van der Waals surface area contributed by atoms with Crippen molar-refractivity contribution in [1.29, 1.82) is 0 Å². The highest BCUT2D eigenvalue weighted by atomic mass is 16.3. The van der Waals surface area contributed by atoms with Crippen LogP contribution in [-0.2, 0) is 0 Å². The van der Waals surface area contributed by atoms with E-state index in [-0.39, 0.29) is 79.2 Å². The van der Waals surface area contributed by atoms with E-state index in [1.165, 1.54) is 12.1 Å². The molecule has 0 fully saturated rings. The van der Waals surface area contributed by atoms with Gasteiger partial charge in [-0.1, -0.05) is 145 Å². The third-order valence-electron chi connectivity index (χ3n) is 7.92. The zero-order chi connectivity index (χ0) is 39.6. The summed E-state index contributed by atoms with van der Waals surface area (Å²) in [6.07, 6.45) is 0. The predicted octanol–water partition coefficient (Wildman–Crippen LogP) is 12.0. The van der Waals surface area contributed by atoms with E-state index in [4.69, 9.17) is 16.8 Å². The molecule has 9 aromatic rings. The Morgan fingerprint density at radius 1 is 0.395 bits per heavy atom. The normalized spacial score (nSPS) is 16.0. The SMILES string of the molecule is [2H]c1cc2c(c([2H])c1[2H])c([2H])c([2H])c1cc(-c3c4c([2H])c([2H])c([2H])c([2H])c4c(-c4c(-c5ccccc5)oc5ccccc45)c4c([2H])c([2H])c([2H])c([2H])c34)ccc12. The lowest BCUT2D eigenvalue weighted by Gasteiger charge is -2.18. The third-order valence-corrected chi connectivity index (χ3v) is 7.92. The van der Waals surface area contributed by atoms with Gasteiger partial charge in [-0.15, -0.1) is 0 Å². The molecule has 1 heterocycles. The molecule has 8 aromatic carbocycles. The van der Waals surface area contributed by atoms with Crippen LogP contribution < -0.4 is 0 Å². The van der Waals surface area contributed by atoms with Crippen molar-refractivity contribution >= 4 is 54.1 Å². The average Bonchev–Trinajstić information content (AvgIpc) is 3.60. The summed E-state index contributed by atoms with van der Waals surface area (Å²) in [6.45, 7) is 0. The Kier molecular flexibility index (Phi) is 3.18.